The molecule has 0 spiro atoms. The van der Waals surface area contributed by atoms with E-state index in [1.54, 1.807) is 12.1 Å². The number of nitrogens with one attached hydrogen (secondary N) is 1. The second kappa shape index (κ2) is 11.0. The molecule has 33 heavy (non-hydrogen) atoms. The van der Waals surface area contributed by atoms with Crippen molar-refractivity contribution in [1.29, 1.82) is 0 Å². The monoisotopic (exact) mass is 471 g/mol. The average Bonchev–Trinajstić information content (AvgIpc) is 3.28. The second-order valence-electron chi connectivity index (χ2n) is 9.06. The van der Waals surface area contributed by atoms with E-state index in [-0.39, 0.29) is 18.3 Å². The van der Waals surface area contributed by atoms with Gasteiger partial charge in [-0.3, -0.25) is 15.0 Å². The summed E-state index contributed by atoms with van der Waals surface area (Å²) < 4.78 is 5.37. The molecule has 1 amide bonds. The summed E-state index contributed by atoms with van der Waals surface area (Å²) in [5.41, 5.74) is 2.09. The number of nitrogens with zero attached hydrogens (tertiary/aromatic N) is 2. The number of nitro benzene ring substituents is 1. The Morgan fingerprint density at radius 1 is 1.03 bits per heavy atom. The minimum atomic E-state index is -0.446. The summed E-state index contributed by atoms with van der Waals surface area (Å²) in [5.74, 6) is 0.682. The summed E-state index contributed by atoms with van der Waals surface area (Å²) >= 11 is 5.99. The highest BCUT2D eigenvalue weighted by Crippen LogP contribution is 2.30. The highest BCUT2D eigenvalue weighted by molar-refractivity contribution is 6.30. The first kappa shape index (κ1) is 23.5. The fourth-order valence-electron chi connectivity index (χ4n) is 5.04. The third kappa shape index (κ3) is 6.45. The Balaban J connectivity index is 1.22. The lowest BCUT2D eigenvalue weighted by Gasteiger charge is -2.38. The molecule has 1 saturated carbocycles. The number of rotatable bonds is 7. The van der Waals surface area contributed by atoms with Gasteiger partial charge in [0.1, 0.15) is 6.61 Å². The predicted octanol–water partition coefficient (Wildman–Crippen LogP) is 5.35. The number of amides is 1. The topological polar surface area (TPSA) is 84.7 Å². The third-order valence-electron chi connectivity index (χ3n) is 6.86. The Morgan fingerprint density at radius 3 is 2.36 bits per heavy atom. The van der Waals surface area contributed by atoms with Gasteiger partial charge in [-0.1, -0.05) is 23.7 Å². The molecule has 0 bridgehead atoms. The van der Waals surface area contributed by atoms with E-state index in [0.717, 1.165) is 62.2 Å². The summed E-state index contributed by atoms with van der Waals surface area (Å²) in [7, 11) is 0. The standard InChI is InChI=1S/C25H30ClN3O4/c26-21-8-4-18(5-9-21)16-19-12-14-28(15-13-19)24-3-1-2-23(24)27-25(30)33-17-20-6-10-22(11-7-20)29(31)32/h4-11,19,23-24H,1-3,12-17H2,(H,27,30)/t23-,24-/m1/s1. The lowest BCUT2D eigenvalue weighted by molar-refractivity contribution is -0.384. The normalized spacial score (nSPS) is 21.6. The highest BCUT2D eigenvalue weighted by atomic mass is 35.5. The van der Waals surface area contributed by atoms with Crippen LogP contribution in [0.3, 0.4) is 0 Å². The Morgan fingerprint density at radius 2 is 1.70 bits per heavy atom. The molecule has 2 aromatic carbocycles. The largest absolute Gasteiger partial charge is 0.445 e. The third-order valence-corrected chi connectivity index (χ3v) is 7.11. The SMILES string of the molecule is O=C(N[C@@H]1CCC[C@H]1N1CCC(Cc2ccc(Cl)cc2)CC1)OCc1ccc([N+](=O)[O-])cc1. The van der Waals surface area contributed by atoms with Gasteiger partial charge in [0.25, 0.3) is 5.69 Å². The number of halogens is 1. The fraction of sp³-hybridized carbons (Fsp3) is 0.480. The number of likely N-dealkylation sites (tertiary alicyclic amines) is 1. The molecular formula is C25H30ClN3O4. The molecule has 2 aromatic rings. The van der Waals surface area contributed by atoms with E-state index in [9.17, 15) is 14.9 Å². The van der Waals surface area contributed by atoms with Gasteiger partial charge in [-0.2, -0.15) is 0 Å². The number of alkyl carbamates (subject to hydrolysis) is 1. The summed E-state index contributed by atoms with van der Waals surface area (Å²) in [6, 6.07) is 14.7. The first-order valence-electron chi connectivity index (χ1n) is 11.6. The molecule has 1 aliphatic heterocycles. The van der Waals surface area contributed by atoms with Crippen molar-refractivity contribution in [2.75, 3.05) is 13.1 Å². The van der Waals surface area contributed by atoms with Crippen molar-refractivity contribution < 1.29 is 14.5 Å². The van der Waals surface area contributed by atoms with Gasteiger partial charge in [0.05, 0.1) is 4.92 Å². The van der Waals surface area contributed by atoms with Crippen molar-refractivity contribution >= 4 is 23.4 Å². The summed E-state index contributed by atoms with van der Waals surface area (Å²) in [6.07, 6.45) is 6.14. The predicted molar refractivity (Wildman–Crippen MR) is 127 cm³/mol. The quantitative estimate of drug-likeness (QED) is 0.434. The van der Waals surface area contributed by atoms with Crippen molar-refractivity contribution in [2.24, 2.45) is 5.92 Å². The number of carbonyl (C=O) groups excluding carboxylic acids is 1. The average molecular weight is 472 g/mol. The van der Waals surface area contributed by atoms with E-state index >= 15 is 0 Å². The molecule has 1 N–H and O–H groups in total. The molecule has 2 aliphatic rings. The van der Waals surface area contributed by atoms with Crippen LogP contribution in [-0.2, 0) is 17.8 Å². The first-order valence-corrected chi connectivity index (χ1v) is 12.0. The Labute approximate surface area is 199 Å². The Bertz CT molecular complexity index is 943. The van der Waals surface area contributed by atoms with Crippen LogP contribution in [-0.4, -0.2) is 41.1 Å². The van der Waals surface area contributed by atoms with Crippen LogP contribution in [0.1, 0.15) is 43.2 Å². The number of hydrogen-bond acceptors (Lipinski definition) is 5. The molecule has 4 rings (SSSR count). The van der Waals surface area contributed by atoms with Gasteiger partial charge < -0.3 is 10.1 Å². The number of non-ortho nitro benzene ring substituents is 1. The van der Waals surface area contributed by atoms with Gasteiger partial charge in [-0.15, -0.1) is 0 Å². The smallest absolute Gasteiger partial charge is 0.407 e. The van der Waals surface area contributed by atoms with Crippen LogP contribution < -0.4 is 5.32 Å². The van der Waals surface area contributed by atoms with Crippen LogP contribution in [0.15, 0.2) is 48.5 Å². The van der Waals surface area contributed by atoms with Crippen LogP contribution in [0.5, 0.6) is 0 Å². The van der Waals surface area contributed by atoms with Crippen LogP contribution in [0.2, 0.25) is 5.02 Å². The van der Waals surface area contributed by atoms with Crippen molar-refractivity contribution in [3.05, 3.63) is 74.8 Å². The summed E-state index contributed by atoms with van der Waals surface area (Å²) in [4.78, 5) is 25.2. The molecule has 0 radical (unpaired) electrons. The highest BCUT2D eigenvalue weighted by Gasteiger charge is 2.35. The minimum Gasteiger partial charge on any atom is -0.445 e. The zero-order chi connectivity index (χ0) is 23.2. The molecule has 2 atom stereocenters. The molecule has 0 aromatic heterocycles. The molecule has 8 heteroatoms. The number of piperidine rings is 1. The maximum absolute atomic E-state index is 12.4. The summed E-state index contributed by atoms with van der Waals surface area (Å²) in [6.45, 7) is 2.20. The van der Waals surface area contributed by atoms with Crippen molar-refractivity contribution in [3.63, 3.8) is 0 Å². The maximum atomic E-state index is 12.4. The van der Waals surface area contributed by atoms with Gasteiger partial charge in [0.15, 0.2) is 0 Å². The fourth-order valence-corrected chi connectivity index (χ4v) is 5.17. The van der Waals surface area contributed by atoms with Crippen LogP contribution in [0.25, 0.3) is 0 Å². The van der Waals surface area contributed by atoms with Crippen LogP contribution in [0, 0.1) is 16.0 Å². The van der Waals surface area contributed by atoms with Gasteiger partial charge in [-0.05, 0) is 92.9 Å². The Kier molecular flexibility index (Phi) is 7.83. The molecule has 1 saturated heterocycles. The van der Waals surface area contributed by atoms with Crippen LogP contribution in [0.4, 0.5) is 10.5 Å². The lowest BCUT2D eigenvalue weighted by Crippen LogP contribution is -2.51. The summed E-state index contributed by atoms with van der Waals surface area (Å²) in [5, 5.41) is 14.6. The molecular weight excluding hydrogens is 442 g/mol. The number of carbonyl (C=O) groups is 1. The van der Waals surface area contributed by atoms with Crippen molar-refractivity contribution in [2.45, 2.75) is 57.2 Å². The number of nitro groups is 1. The second-order valence-corrected chi connectivity index (χ2v) is 9.50. The molecule has 1 heterocycles. The molecule has 1 aliphatic carbocycles. The van der Waals surface area contributed by atoms with Gasteiger partial charge >= 0.3 is 6.09 Å². The van der Waals surface area contributed by atoms with E-state index in [0.29, 0.717) is 12.0 Å². The van der Waals surface area contributed by atoms with E-state index in [2.05, 4.69) is 22.3 Å². The van der Waals surface area contributed by atoms with E-state index in [4.69, 9.17) is 16.3 Å². The number of hydrogen-bond donors (Lipinski definition) is 1. The number of benzene rings is 2. The molecule has 7 nitrogen and oxygen atoms in total. The van der Waals surface area contributed by atoms with E-state index in [1.807, 2.05) is 12.1 Å². The van der Waals surface area contributed by atoms with E-state index in [1.165, 1.54) is 17.7 Å². The van der Waals surface area contributed by atoms with Gasteiger partial charge in [-0.25, -0.2) is 4.79 Å². The van der Waals surface area contributed by atoms with E-state index < -0.39 is 11.0 Å². The Hall–Kier alpha value is -2.64. The molecule has 2 fully saturated rings. The minimum absolute atomic E-state index is 0.0222. The maximum Gasteiger partial charge on any atom is 0.407 e. The lowest BCUT2D eigenvalue weighted by atomic mass is 9.89. The van der Waals surface area contributed by atoms with Crippen molar-refractivity contribution in [1.82, 2.24) is 10.2 Å². The van der Waals surface area contributed by atoms with Gasteiger partial charge in [0, 0.05) is 29.2 Å². The molecule has 0 unspecified atom stereocenters. The van der Waals surface area contributed by atoms with Gasteiger partial charge in [0.2, 0.25) is 0 Å². The van der Waals surface area contributed by atoms with Crippen LogP contribution >= 0.6 is 11.6 Å². The number of ether oxygens (including phenoxy) is 1. The first-order chi connectivity index (χ1) is 16.0. The zero-order valence-electron chi connectivity index (χ0n) is 18.6. The van der Waals surface area contributed by atoms with Crippen molar-refractivity contribution in [3.8, 4) is 0 Å². The molecule has 176 valence electrons. The zero-order valence-corrected chi connectivity index (χ0v) is 19.4.